The molecule has 1 aromatic heterocycles. The van der Waals surface area contributed by atoms with Gasteiger partial charge in [-0.2, -0.15) is 0 Å². The van der Waals surface area contributed by atoms with E-state index in [2.05, 4.69) is 9.46 Å². The van der Waals surface area contributed by atoms with Crippen LogP contribution in [0.15, 0.2) is 11.0 Å². The van der Waals surface area contributed by atoms with Crippen molar-refractivity contribution in [3.8, 4) is 0 Å². The number of primary amides is 1. The first-order chi connectivity index (χ1) is 8.74. The molecule has 0 fully saturated rings. The highest BCUT2D eigenvalue weighted by molar-refractivity contribution is 7.89. The number of hydrogen-bond donors (Lipinski definition) is 3. The number of sulfonamides is 1. The molecule has 0 aliphatic rings. The molecule has 8 nitrogen and oxygen atoms in total. The number of carboxylic acid groups (broad SMARTS) is 1. The van der Waals surface area contributed by atoms with Crippen LogP contribution in [0, 0.1) is 6.92 Å². The summed E-state index contributed by atoms with van der Waals surface area (Å²) in [5.41, 5.74) is 4.71. The van der Waals surface area contributed by atoms with Gasteiger partial charge in [0.25, 0.3) is 0 Å². The van der Waals surface area contributed by atoms with E-state index in [0.29, 0.717) is 4.88 Å². The smallest absolute Gasteiger partial charge is 0.404 e. The first-order valence-electron chi connectivity index (χ1n) is 4.99. The monoisotopic (exact) mass is 308 g/mol. The van der Waals surface area contributed by atoms with E-state index in [0.717, 1.165) is 17.4 Å². The number of nitrogens with two attached hydrogens (primary N) is 1. The fourth-order valence-corrected chi connectivity index (χ4v) is 3.68. The normalized spacial score (nSPS) is 11.2. The third kappa shape index (κ3) is 4.19. The van der Waals surface area contributed by atoms with Crippen molar-refractivity contribution in [1.29, 1.82) is 0 Å². The molecule has 10 heteroatoms. The van der Waals surface area contributed by atoms with Gasteiger partial charge in [-0.05, 0) is 13.0 Å². The van der Waals surface area contributed by atoms with Crippen molar-refractivity contribution in [1.82, 2.24) is 4.72 Å². The number of carbonyl (C=O) groups is 2. The van der Waals surface area contributed by atoms with Crippen LogP contribution < -0.4 is 10.5 Å². The first kappa shape index (κ1) is 15.4. The summed E-state index contributed by atoms with van der Waals surface area (Å²) in [5.74, 6) is -1.19. The number of carboxylic acids is 1. The van der Waals surface area contributed by atoms with Gasteiger partial charge in [-0.3, -0.25) is 0 Å². The zero-order valence-electron chi connectivity index (χ0n) is 9.87. The highest BCUT2D eigenvalue weighted by atomic mass is 32.2. The van der Waals surface area contributed by atoms with E-state index in [4.69, 9.17) is 10.8 Å². The van der Waals surface area contributed by atoms with E-state index < -0.39 is 22.1 Å². The topological polar surface area (TPSA) is 136 Å². The summed E-state index contributed by atoms with van der Waals surface area (Å²) >= 11 is 0.869. The molecule has 0 atom stereocenters. The zero-order valence-corrected chi connectivity index (χ0v) is 11.5. The van der Waals surface area contributed by atoms with Crippen LogP contribution in [0.1, 0.15) is 14.5 Å². The number of carbonyl (C=O) groups excluding carboxylic acids is 1. The minimum atomic E-state index is -3.84. The van der Waals surface area contributed by atoms with E-state index in [1.807, 2.05) is 0 Å². The van der Waals surface area contributed by atoms with Gasteiger partial charge in [0.15, 0.2) is 0 Å². The van der Waals surface area contributed by atoms with Gasteiger partial charge in [-0.1, -0.05) is 0 Å². The number of aryl methyl sites for hydroxylation is 1. The Balaban J connectivity index is 2.77. The Kier molecular flexibility index (Phi) is 4.86. The highest BCUT2D eigenvalue weighted by Crippen LogP contribution is 2.25. The molecule has 0 aliphatic heterocycles. The number of thiophene rings is 1. The summed E-state index contributed by atoms with van der Waals surface area (Å²) in [7, 11) is -3.84. The second kappa shape index (κ2) is 5.99. The SMILES string of the molecule is Cc1sc(C(=O)O)cc1S(=O)(=O)NCCOC(N)=O. The van der Waals surface area contributed by atoms with E-state index in [9.17, 15) is 18.0 Å². The fraction of sp³-hybridized carbons (Fsp3) is 0.333. The molecule has 0 aliphatic carbocycles. The van der Waals surface area contributed by atoms with E-state index >= 15 is 0 Å². The molecule has 19 heavy (non-hydrogen) atoms. The molecule has 1 amide bonds. The lowest BCUT2D eigenvalue weighted by molar-refractivity contribution is 0.0702. The predicted molar refractivity (Wildman–Crippen MR) is 66.7 cm³/mol. The lowest BCUT2D eigenvalue weighted by Gasteiger charge is -2.05. The van der Waals surface area contributed by atoms with E-state index in [-0.39, 0.29) is 22.9 Å². The standard InChI is InChI=1S/C9H12N2O6S2/c1-5-7(4-6(18-5)8(12)13)19(15,16)11-2-3-17-9(10)14/h4,11H,2-3H2,1H3,(H2,10,14)(H,12,13). The van der Waals surface area contributed by atoms with Crippen molar-refractivity contribution in [2.75, 3.05) is 13.2 Å². The summed E-state index contributed by atoms with van der Waals surface area (Å²) in [5, 5.41) is 8.79. The third-order valence-corrected chi connectivity index (χ3v) is 4.77. The molecule has 0 spiro atoms. The van der Waals surface area contributed by atoms with Crippen LogP contribution in [0.25, 0.3) is 0 Å². The molecule has 4 N–H and O–H groups in total. The molecular formula is C9H12N2O6S2. The van der Waals surface area contributed by atoms with Crippen molar-refractivity contribution >= 4 is 33.4 Å². The van der Waals surface area contributed by atoms with Crippen LogP contribution in [0.5, 0.6) is 0 Å². The molecule has 1 aromatic rings. The quantitative estimate of drug-likeness (QED) is 0.639. The molecular weight excluding hydrogens is 296 g/mol. The minimum absolute atomic E-state index is 0.0636. The van der Waals surface area contributed by atoms with Gasteiger partial charge in [0.2, 0.25) is 10.0 Å². The minimum Gasteiger partial charge on any atom is -0.477 e. The summed E-state index contributed by atoms with van der Waals surface area (Å²) in [6.45, 7) is 1.15. The lowest BCUT2D eigenvalue weighted by atomic mass is 10.4. The average Bonchev–Trinajstić information content (AvgIpc) is 2.67. The Morgan fingerprint density at radius 1 is 1.53 bits per heavy atom. The highest BCUT2D eigenvalue weighted by Gasteiger charge is 2.21. The van der Waals surface area contributed by atoms with Gasteiger partial charge < -0.3 is 15.6 Å². The number of nitrogens with one attached hydrogen (secondary N) is 1. The van der Waals surface area contributed by atoms with Crippen LogP contribution in [0.4, 0.5) is 4.79 Å². The number of amides is 1. The molecule has 0 bridgehead atoms. The maximum absolute atomic E-state index is 11.9. The van der Waals surface area contributed by atoms with Gasteiger partial charge >= 0.3 is 12.1 Å². The van der Waals surface area contributed by atoms with Crippen LogP contribution in [0.2, 0.25) is 0 Å². The largest absolute Gasteiger partial charge is 0.477 e. The average molecular weight is 308 g/mol. The van der Waals surface area contributed by atoms with Crippen LogP contribution in [-0.2, 0) is 14.8 Å². The molecule has 0 unspecified atom stereocenters. The Hall–Kier alpha value is -1.65. The van der Waals surface area contributed by atoms with Crippen molar-refractivity contribution in [3.05, 3.63) is 15.8 Å². The summed E-state index contributed by atoms with van der Waals surface area (Å²) < 4.78 is 30.3. The molecule has 1 rings (SSSR count). The predicted octanol–water partition coefficient (Wildman–Crippen LogP) is 0.128. The first-order valence-corrected chi connectivity index (χ1v) is 7.29. The van der Waals surface area contributed by atoms with Gasteiger partial charge in [-0.25, -0.2) is 22.7 Å². The van der Waals surface area contributed by atoms with E-state index in [1.165, 1.54) is 6.92 Å². The molecule has 0 radical (unpaired) electrons. The molecule has 0 saturated heterocycles. The van der Waals surface area contributed by atoms with Gasteiger partial charge in [0.1, 0.15) is 11.5 Å². The Labute approximate surface area is 113 Å². The van der Waals surface area contributed by atoms with Crippen molar-refractivity contribution in [2.24, 2.45) is 5.73 Å². The summed E-state index contributed by atoms with van der Waals surface area (Å²) in [4.78, 5) is 21.2. The van der Waals surface area contributed by atoms with Gasteiger partial charge in [-0.15, -0.1) is 11.3 Å². The molecule has 1 heterocycles. The van der Waals surface area contributed by atoms with Crippen molar-refractivity contribution in [2.45, 2.75) is 11.8 Å². The van der Waals surface area contributed by atoms with Crippen LogP contribution in [-0.4, -0.2) is 38.7 Å². The molecule has 0 aromatic carbocycles. The molecule has 0 saturated carbocycles. The number of ether oxygens (including phenoxy) is 1. The maximum Gasteiger partial charge on any atom is 0.404 e. The second-order valence-corrected chi connectivity index (χ2v) is 6.39. The molecule has 106 valence electrons. The number of hydrogen-bond acceptors (Lipinski definition) is 6. The lowest BCUT2D eigenvalue weighted by Crippen LogP contribution is -2.29. The third-order valence-electron chi connectivity index (χ3n) is 2.01. The fourth-order valence-electron chi connectivity index (χ4n) is 1.24. The number of aromatic carboxylic acids is 1. The Morgan fingerprint density at radius 3 is 2.63 bits per heavy atom. The summed E-state index contributed by atoms with van der Waals surface area (Å²) in [6, 6.07) is 1.08. The summed E-state index contributed by atoms with van der Waals surface area (Å²) in [6.07, 6.45) is -1.00. The Morgan fingerprint density at radius 2 is 2.16 bits per heavy atom. The van der Waals surface area contributed by atoms with Gasteiger partial charge in [0, 0.05) is 11.4 Å². The van der Waals surface area contributed by atoms with Crippen LogP contribution >= 0.6 is 11.3 Å². The van der Waals surface area contributed by atoms with Crippen molar-refractivity contribution < 1.29 is 27.9 Å². The number of rotatable bonds is 6. The van der Waals surface area contributed by atoms with Crippen molar-refractivity contribution in [3.63, 3.8) is 0 Å². The zero-order chi connectivity index (χ0) is 14.6. The second-order valence-electron chi connectivity index (χ2n) is 3.40. The van der Waals surface area contributed by atoms with Gasteiger partial charge in [0.05, 0.1) is 4.90 Å². The van der Waals surface area contributed by atoms with Crippen LogP contribution in [0.3, 0.4) is 0 Å². The van der Waals surface area contributed by atoms with E-state index in [1.54, 1.807) is 0 Å². The maximum atomic E-state index is 11.9. The Bertz CT molecular complexity index is 592.